The topological polar surface area (TPSA) is 51.3 Å². The summed E-state index contributed by atoms with van der Waals surface area (Å²) in [5.74, 6) is 0.380. The first kappa shape index (κ1) is 21.4. The zero-order chi connectivity index (χ0) is 22.7. The fraction of sp³-hybridized carbons (Fsp3) is 0.417. The summed E-state index contributed by atoms with van der Waals surface area (Å²) in [7, 11) is -0.0509. The van der Waals surface area contributed by atoms with Gasteiger partial charge >= 0.3 is 6.03 Å². The van der Waals surface area contributed by atoms with Crippen LogP contribution in [0.25, 0.3) is 0 Å². The number of halogens is 1. The van der Waals surface area contributed by atoms with Crippen LogP contribution in [0.1, 0.15) is 6.92 Å². The average molecular weight is 486 g/mol. The average Bonchev–Trinajstić information content (AvgIpc) is 3.45. The van der Waals surface area contributed by atoms with Crippen LogP contribution in [-0.2, 0) is 4.74 Å². The molecule has 1 aliphatic carbocycles. The number of anilines is 1. The number of para-hydroxylation sites is 1. The normalized spacial score (nSPS) is 29.3. The van der Waals surface area contributed by atoms with E-state index in [1.165, 1.54) is 21.0 Å². The highest BCUT2D eigenvalue weighted by Crippen LogP contribution is 2.50. The number of nitrogens with zero attached hydrogens (tertiary/aromatic N) is 4. The third kappa shape index (κ3) is 3.39. The summed E-state index contributed by atoms with van der Waals surface area (Å²) in [6, 6.07) is 7.96. The molecule has 4 heterocycles. The molecule has 3 atom stereocenters. The van der Waals surface area contributed by atoms with Crippen LogP contribution in [0.4, 0.5) is 10.5 Å². The number of carbonyl (C=O) groups is 1. The predicted molar refractivity (Wildman–Crippen MR) is 134 cm³/mol. The van der Waals surface area contributed by atoms with Gasteiger partial charge in [0, 0.05) is 35.7 Å². The predicted octanol–water partition coefficient (Wildman–Crippen LogP) is 3.40. The Kier molecular flexibility index (Phi) is 5.38. The first-order valence-electron chi connectivity index (χ1n) is 11.4. The number of rotatable bonds is 1. The maximum absolute atomic E-state index is 13.5. The molecule has 5 aliphatic rings. The highest BCUT2D eigenvalue weighted by molar-refractivity contribution is 8.19. The van der Waals surface area contributed by atoms with E-state index in [1.807, 2.05) is 28.1 Å². The molecule has 1 N–H and O–H groups in total. The van der Waals surface area contributed by atoms with Gasteiger partial charge in [0.1, 0.15) is 6.17 Å². The SMILES string of the molecule is C[C@H]1C=CC2=C1C1=CN(c3ccccc3Cl)CC3N(CNN3C(=O)N3CCOCC3)C1=S2C. The number of amides is 2. The molecule has 4 aliphatic heterocycles. The Bertz CT molecular complexity index is 1140. The number of nitrogens with one attached hydrogen (secondary N) is 1. The number of urea groups is 1. The number of fused-ring (bicyclic) bond motifs is 4. The summed E-state index contributed by atoms with van der Waals surface area (Å²) in [6.07, 6.45) is 9.02. The van der Waals surface area contributed by atoms with Gasteiger partial charge in [-0.05, 0) is 24.0 Å². The van der Waals surface area contributed by atoms with Crippen LogP contribution in [0.15, 0.2) is 58.7 Å². The van der Waals surface area contributed by atoms with Crippen molar-refractivity contribution in [1.29, 1.82) is 0 Å². The fourth-order valence-electron chi connectivity index (χ4n) is 5.36. The van der Waals surface area contributed by atoms with E-state index in [1.54, 1.807) is 0 Å². The van der Waals surface area contributed by atoms with Crippen LogP contribution >= 0.6 is 22.1 Å². The standard InChI is InChI=1S/C24H28ClN5O2S/c1-16-7-8-20-22(16)17-13-28(19-6-4-3-5-18(19)25)14-21-29(23(17)33(20)2)15-26-30(21)24(31)27-9-11-32-12-10-27/h3-8,13,16,21,26H,9-12,14-15H2,1-2H3/t16-,21?,33?/m0/s1. The van der Waals surface area contributed by atoms with Crippen molar-refractivity contribution in [2.24, 2.45) is 5.92 Å². The van der Waals surface area contributed by atoms with Crippen LogP contribution in [0.5, 0.6) is 0 Å². The molecule has 0 spiro atoms. The second-order valence-electron chi connectivity index (χ2n) is 8.91. The zero-order valence-corrected chi connectivity index (χ0v) is 20.4. The lowest BCUT2D eigenvalue weighted by Crippen LogP contribution is -2.56. The lowest BCUT2D eigenvalue weighted by Gasteiger charge is -2.36. The lowest BCUT2D eigenvalue weighted by atomic mass is 9.97. The third-order valence-electron chi connectivity index (χ3n) is 7.02. The number of allylic oxidation sites excluding steroid dienone is 2. The maximum atomic E-state index is 13.5. The van der Waals surface area contributed by atoms with Gasteiger partial charge in [-0.1, -0.05) is 42.8 Å². The molecule has 0 bridgehead atoms. The number of carbonyl (C=O) groups excluding carboxylic acids is 1. The van der Waals surface area contributed by atoms with Crippen LogP contribution in [0, 0.1) is 5.92 Å². The molecular formula is C24H28ClN5O2S. The van der Waals surface area contributed by atoms with Crippen LogP contribution in [-0.4, -0.2) is 77.8 Å². The third-order valence-corrected chi connectivity index (χ3v) is 9.39. The monoisotopic (exact) mass is 485 g/mol. The highest BCUT2D eigenvalue weighted by atomic mass is 35.5. The Morgan fingerprint density at radius 3 is 2.82 bits per heavy atom. The first-order valence-corrected chi connectivity index (χ1v) is 13.4. The summed E-state index contributed by atoms with van der Waals surface area (Å²) in [4.78, 5) is 22.8. The van der Waals surface area contributed by atoms with E-state index in [-0.39, 0.29) is 22.7 Å². The summed E-state index contributed by atoms with van der Waals surface area (Å²) < 4.78 is 5.46. The van der Waals surface area contributed by atoms with Crippen molar-refractivity contribution in [3.05, 3.63) is 63.7 Å². The Balaban J connectivity index is 1.43. The zero-order valence-electron chi connectivity index (χ0n) is 18.8. The van der Waals surface area contributed by atoms with Gasteiger partial charge in [0.15, 0.2) is 0 Å². The van der Waals surface area contributed by atoms with Gasteiger partial charge in [-0.2, -0.15) is 0 Å². The Morgan fingerprint density at radius 1 is 1.24 bits per heavy atom. The number of benzene rings is 1. The van der Waals surface area contributed by atoms with E-state index in [0.29, 0.717) is 50.5 Å². The van der Waals surface area contributed by atoms with Crippen molar-refractivity contribution in [3.8, 4) is 0 Å². The van der Waals surface area contributed by atoms with E-state index < -0.39 is 0 Å². The first-order chi connectivity index (χ1) is 16.0. The van der Waals surface area contributed by atoms with E-state index in [2.05, 4.69) is 52.8 Å². The quantitative estimate of drug-likeness (QED) is 0.618. The van der Waals surface area contributed by atoms with Crippen molar-refractivity contribution in [2.45, 2.75) is 13.1 Å². The van der Waals surface area contributed by atoms with Crippen LogP contribution in [0.3, 0.4) is 0 Å². The highest BCUT2D eigenvalue weighted by Gasteiger charge is 2.46. The molecular weight excluding hydrogens is 458 g/mol. The molecule has 2 fully saturated rings. The smallest absolute Gasteiger partial charge is 0.336 e. The molecule has 6 rings (SSSR count). The van der Waals surface area contributed by atoms with Gasteiger partial charge in [-0.15, -0.1) is 10.5 Å². The summed E-state index contributed by atoms with van der Waals surface area (Å²) >= 11 is 6.65. The second kappa shape index (κ2) is 8.29. The van der Waals surface area contributed by atoms with Gasteiger partial charge in [0.2, 0.25) is 0 Å². The molecule has 2 unspecified atom stereocenters. The molecule has 7 nitrogen and oxygen atoms in total. The molecule has 1 aromatic rings. The molecule has 33 heavy (non-hydrogen) atoms. The van der Waals surface area contributed by atoms with Gasteiger partial charge in [-0.25, -0.2) is 20.1 Å². The summed E-state index contributed by atoms with van der Waals surface area (Å²) in [6.45, 7) is 5.91. The summed E-state index contributed by atoms with van der Waals surface area (Å²) in [5, 5.41) is 2.53. The van der Waals surface area contributed by atoms with Crippen molar-refractivity contribution in [3.63, 3.8) is 0 Å². The van der Waals surface area contributed by atoms with Gasteiger partial charge in [0.05, 0.1) is 42.1 Å². The molecule has 2 saturated heterocycles. The van der Waals surface area contributed by atoms with Gasteiger partial charge < -0.3 is 14.5 Å². The number of hydrazine groups is 1. The van der Waals surface area contributed by atoms with Crippen molar-refractivity contribution >= 4 is 38.8 Å². The maximum Gasteiger partial charge on any atom is 0.336 e. The Morgan fingerprint density at radius 2 is 2.03 bits per heavy atom. The summed E-state index contributed by atoms with van der Waals surface area (Å²) in [5.41, 5.74) is 7.05. The molecule has 0 saturated carbocycles. The van der Waals surface area contributed by atoms with E-state index in [9.17, 15) is 4.79 Å². The van der Waals surface area contributed by atoms with Crippen molar-refractivity contribution in [2.75, 3.05) is 50.7 Å². The van der Waals surface area contributed by atoms with Crippen molar-refractivity contribution < 1.29 is 9.53 Å². The van der Waals surface area contributed by atoms with E-state index in [4.69, 9.17) is 16.3 Å². The molecule has 2 amide bonds. The molecule has 9 heteroatoms. The Labute approximate surface area is 201 Å². The molecule has 0 radical (unpaired) electrons. The van der Waals surface area contributed by atoms with E-state index in [0.717, 1.165) is 5.69 Å². The Hall–Kier alpha value is -2.10. The lowest BCUT2D eigenvalue weighted by molar-refractivity contribution is 0.0356. The number of hydrogen-bond donors (Lipinski definition) is 1. The largest absolute Gasteiger partial charge is 0.378 e. The van der Waals surface area contributed by atoms with Crippen LogP contribution < -0.4 is 10.3 Å². The minimum absolute atomic E-state index is 0.0108. The second-order valence-corrected chi connectivity index (χ2v) is 11.2. The number of morpholine rings is 1. The number of hydrogen-bond acceptors (Lipinski definition) is 5. The van der Waals surface area contributed by atoms with Gasteiger partial charge in [-0.3, -0.25) is 0 Å². The number of ether oxygens (including phenoxy) is 1. The van der Waals surface area contributed by atoms with Crippen LogP contribution in [0.2, 0.25) is 5.02 Å². The molecule has 1 aromatic carbocycles. The fourth-order valence-corrected chi connectivity index (χ4v) is 7.75. The van der Waals surface area contributed by atoms with E-state index >= 15 is 0 Å². The van der Waals surface area contributed by atoms with Gasteiger partial charge in [0.25, 0.3) is 0 Å². The van der Waals surface area contributed by atoms with Crippen molar-refractivity contribution in [1.82, 2.24) is 20.2 Å². The minimum Gasteiger partial charge on any atom is -0.378 e. The minimum atomic E-state index is -0.144. The molecule has 174 valence electrons. The molecule has 0 aromatic heterocycles.